The lowest BCUT2D eigenvalue weighted by Crippen LogP contribution is -2.08. The van der Waals surface area contributed by atoms with Crippen LogP contribution < -0.4 is 0 Å². The number of Topliss-reactive ketones (excluding diaryl/α,β-unsaturated/α-hetero) is 1. The van der Waals surface area contributed by atoms with Crippen molar-refractivity contribution < 1.29 is 4.79 Å². The number of hydrogen-bond acceptors (Lipinski definition) is 1. The van der Waals surface area contributed by atoms with E-state index < -0.39 is 0 Å². The molecule has 1 heteroatoms. The first-order valence-electron chi connectivity index (χ1n) is 8.64. The molecule has 0 saturated carbocycles. The summed E-state index contributed by atoms with van der Waals surface area (Å²) in [5, 5.41) is 0. The molecule has 0 N–H and O–H groups in total. The van der Waals surface area contributed by atoms with Gasteiger partial charge in [0.15, 0.2) is 5.78 Å². The molecule has 0 spiro atoms. The Balaban J connectivity index is 1.89. The summed E-state index contributed by atoms with van der Waals surface area (Å²) < 4.78 is 0. The fourth-order valence-corrected chi connectivity index (χ4v) is 3.00. The van der Waals surface area contributed by atoms with E-state index in [-0.39, 0.29) is 11.7 Å². The topological polar surface area (TPSA) is 17.1 Å². The molecule has 0 bridgehead atoms. The second kappa shape index (κ2) is 8.25. The molecule has 0 aliphatic heterocycles. The van der Waals surface area contributed by atoms with Gasteiger partial charge in [-0.15, -0.1) is 0 Å². The first-order valence-corrected chi connectivity index (χ1v) is 8.64. The minimum Gasteiger partial charge on any atom is -0.294 e. The quantitative estimate of drug-likeness (QED) is 0.393. The molecule has 3 aromatic carbocycles. The summed E-state index contributed by atoms with van der Waals surface area (Å²) >= 11 is 0. The Morgan fingerprint density at radius 3 is 1.80 bits per heavy atom. The standard InChI is InChI=1S/C24H22O/c1-19(17-24(25)22-15-9-4-10-16-22)23(21-13-7-3-8-14-21)18-20-11-5-2-6-12-20/h2-16,18-19H,17H2,1H3/b23-18+/t19-/m0/s1. The maximum Gasteiger partial charge on any atom is 0.163 e. The molecule has 3 rings (SSSR count). The molecule has 1 atom stereocenters. The predicted octanol–water partition coefficient (Wildman–Crippen LogP) is 6.14. The highest BCUT2D eigenvalue weighted by molar-refractivity contribution is 5.97. The van der Waals surface area contributed by atoms with Crippen molar-refractivity contribution in [2.45, 2.75) is 13.3 Å². The zero-order valence-corrected chi connectivity index (χ0v) is 14.4. The molecule has 0 aliphatic carbocycles. The molecule has 1 nitrogen and oxygen atoms in total. The van der Waals surface area contributed by atoms with Gasteiger partial charge in [0.25, 0.3) is 0 Å². The van der Waals surface area contributed by atoms with Gasteiger partial charge in [-0.05, 0) is 22.6 Å². The van der Waals surface area contributed by atoms with E-state index in [4.69, 9.17) is 0 Å². The predicted molar refractivity (Wildman–Crippen MR) is 105 cm³/mol. The Hall–Kier alpha value is -2.93. The Morgan fingerprint density at radius 1 is 0.760 bits per heavy atom. The number of carbonyl (C=O) groups is 1. The Kier molecular flexibility index (Phi) is 5.58. The van der Waals surface area contributed by atoms with E-state index >= 15 is 0 Å². The molecule has 0 heterocycles. The molecule has 0 amide bonds. The van der Waals surface area contributed by atoms with Crippen LogP contribution in [0.25, 0.3) is 11.6 Å². The summed E-state index contributed by atoms with van der Waals surface area (Å²) in [5.74, 6) is 0.318. The summed E-state index contributed by atoms with van der Waals surface area (Å²) in [6.45, 7) is 2.13. The highest BCUT2D eigenvalue weighted by Crippen LogP contribution is 2.29. The van der Waals surface area contributed by atoms with E-state index in [1.807, 2.05) is 66.7 Å². The lowest BCUT2D eigenvalue weighted by atomic mass is 9.87. The molecule has 25 heavy (non-hydrogen) atoms. The number of carbonyl (C=O) groups excluding carboxylic acids is 1. The number of allylic oxidation sites excluding steroid dienone is 1. The van der Waals surface area contributed by atoms with Crippen molar-refractivity contribution >= 4 is 17.4 Å². The summed E-state index contributed by atoms with van der Waals surface area (Å²) in [6.07, 6.45) is 2.69. The molecular formula is C24H22O. The van der Waals surface area contributed by atoms with Crippen LogP contribution in [0.4, 0.5) is 0 Å². The average Bonchev–Trinajstić information content (AvgIpc) is 2.68. The Bertz CT molecular complexity index is 833. The first-order chi connectivity index (χ1) is 12.2. The monoisotopic (exact) mass is 326 g/mol. The summed E-state index contributed by atoms with van der Waals surface area (Å²) in [6, 6.07) is 30.1. The van der Waals surface area contributed by atoms with Gasteiger partial charge in [-0.1, -0.05) is 104 Å². The van der Waals surface area contributed by atoms with Crippen LogP contribution in [0.2, 0.25) is 0 Å². The van der Waals surface area contributed by atoms with Crippen molar-refractivity contribution in [1.82, 2.24) is 0 Å². The van der Waals surface area contributed by atoms with Gasteiger partial charge in [0.05, 0.1) is 0 Å². The van der Waals surface area contributed by atoms with Crippen LogP contribution in [0, 0.1) is 5.92 Å². The summed E-state index contributed by atoms with van der Waals surface area (Å²) in [5.41, 5.74) is 4.29. The normalized spacial score (nSPS) is 12.6. The number of ketones is 1. The van der Waals surface area contributed by atoms with E-state index in [9.17, 15) is 4.79 Å². The average molecular weight is 326 g/mol. The Labute approximate surface area is 149 Å². The third kappa shape index (κ3) is 4.54. The fraction of sp³-hybridized carbons (Fsp3) is 0.125. The zero-order chi connectivity index (χ0) is 17.5. The molecule has 124 valence electrons. The van der Waals surface area contributed by atoms with Crippen LogP contribution >= 0.6 is 0 Å². The van der Waals surface area contributed by atoms with Gasteiger partial charge in [0.1, 0.15) is 0 Å². The second-order valence-electron chi connectivity index (χ2n) is 6.27. The van der Waals surface area contributed by atoms with E-state index in [0.29, 0.717) is 6.42 Å². The second-order valence-corrected chi connectivity index (χ2v) is 6.27. The van der Waals surface area contributed by atoms with Crippen molar-refractivity contribution in [3.05, 3.63) is 108 Å². The maximum atomic E-state index is 12.6. The number of benzene rings is 3. The van der Waals surface area contributed by atoms with Crippen LogP contribution in [0.15, 0.2) is 91.0 Å². The van der Waals surface area contributed by atoms with Gasteiger partial charge in [0, 0.05) is 12.0 Å². The Morgan fingerprint density at radius 2 is 1.24 bits per heavy atom. The lowest BCUT2D eigenvalue weighted by Gasteiger charge is -2.16. The zero-order valence-electron chi connectivity index (χ0n) is 14.4. The van der Waals surface area contributed by atoms with E-state index in [0.717, 1.165) is 11.1 Å². The van der Waals surface area contributed by atoms with Gasteiger partial charge in [-0.3, -0.25) is 4.79 Å². The van der Waals surface area contributed by atoms with E-state index in [1.165, 1.54) is 11.1 Å². The van der Waals surface area contributed by atoms with Crippen LogP contribution in [0.1, 0.15) is 34.8 Å². The molecular weight excluding hydrogens is 304 g/mol. The minimum absolute atomic E-state index is 0.135. The minimum atomic E-state index is 0.135. The first kappa shape index (κ1) is 16.9. The highest BCUT2D eigenvalue weighted by Gasteiger charge is 2.16. The van der Waals surface area contributed by atoms with Crippen LogP contribution in [0.3, 0.4) is 0 Å². The van der Waals surface area contributed by atoms with Gasteiger partial charge >= 0.3 is 0 Å². The largest absolute Gasteiger partial charge is 0.294 e. The third-order valence-electron chi connectivity index (χ3n) is 4.35. The number of rotatable bonds is 6. The lowest BCUT2D eigenvalue weighted by molar-refractivity contribution is 0.0973. The summed E-state index contributed by atoms with van der Waals surface area (Å²) in [7, 11) is 0. The van der Waals surface area contributed by atoms with Gasteiger partial charge in [0.2, 0.25) is 0 Å². The maximum absolute atomic E-state index is 12.6. The van der Waals surface area contributed by atoms with Gasteiger partial charge in [-0.2, -0.15) is 0 Å². The van der Waals surface area contributed by atoms with Crippen molar-refractivity contribution in [1.29, 1.82) is 0 Å². The number of hydrogen-bond donors (Lipinski definition) is 0. The van der Waals surface area contributed by atoms with Gasteiger partial charge < -0.3 is 0 Å². The van der Waals surface area contributed by atoms with Crippen molar-refractivity contribution in [2.24, 2.45) is 5.92 Å². The van der Waals surface area contributed by atoms with Crippen molar-refractivity contribution in [3.63, 3.8) is 0 Å². The molecule has 0 aromatic heterocycles. The van der Waals surface area contributed by atoms with Crippen molar-refractivity contribution in [3.8, 4) is 0 Å². The fourth-order valence-electron chi connectivity index (χ4n) is 3.00. The third-order valence-corrected chi connectivity index (χ3v) is 4.35. The SMILES string of the molecule is C[C@@H](CC(=O)c1ccccc1)/C(=C\c1ccccc1)c1ccccc1. The van der Waals surface area contributed by atoms with Crippen LogP contribution in [-0.4, -0.2) is 5.78 Å². The molecule has 0 saturated heterocycles. The molecule has 0 aliphatic rings. The van der Waals surface area contributed by atoms with Crippen molar-refractivity contribution in [2.75, 3.05) is 0 Å². The van der Waals surface area contributed by atoms with Gasteiger partial charge in [-0.25, -0.2) is 0 Å². The summed E-state index contributed by atoms with van der Waals surface area (Å²) in [4.78, 5) is 12.6. The van der Waals surface area contributed by atoms with Crippen LogP contribution in [0.5, 0.6) is 0 Å². The van der Waals surface area contributed by atoms with E-state index in [1.54, 1.807) is 0 Å². The smallest absolute Gasteiger partial charge is 0.163 e. The molecule has 0 unspecified atom stereocenters. The molecule has 3 aromatic rings. The van der Waals surface area contributed by atoms with Crippen LogP contribution in [-0.2, 0) is 0 Å². The van der Waals surface area contributed by atoms with E-state index in [2.05, 4.69) is 37.3 Å². The highest BCUT2D eigenvalue weighted by atomic mass is 16.1. The molecule has 0 fully saturated rings. The molecule has 0 radical (unpaired) electrons.